The molecule has 0 aliphatic rings. The van der Waals surface area contributed by atoms with Crippen molar-refractivity contribution >= 4 is 11.9 Å². The largest absolute Gasteiger partial charge is 0.497 e. The second kappa shape index (κ2) is 7.74. The summed E-state index contributed by atoms with van der Waals surface area (Å²) in [6.07, 6.45) is 4.16. The van der Waals surface area contributed by atoms with Crippen LogP contribution in [0, 0.1) is 0 Å². The smallest absolute Gasteiger partial charge is 0.336 e. The third-order valence-electron chi connectivity index (χ3n) is 3.00. The van der Waals surface area contributed by atoms with E-state index >= 15 is 0 Å². The van der Waals surface area contributed by atoms with Crippen LogP contribution in [0.25, 0.3) is 0 Å². The Morgan fingerprint density at radius 3 is 2.52 bits per heavy atom. The van der Waals surface area contributed by atoms with Crippen molar-refractivity contribution in [2.45, 2.75) is 6.54 Å². The highest BCUT2D eigenvalue weighted by Gasteiger charge is 2.12. The minimum absolute atomic E-state index is 0.116. The third-order valence-corrected chi connectivity index (χ3v) is 3.00. The van der Waals surface area contributed by atoms with Gasteiger partial charge in [0.1, 0.15) is 11.4 Å². The molecule has 0 saturated heterocycles. The van der Waals surface area contributed by atoms with E-state index < -0.39 is 11.9 Å². The minimum atomic E-state index is -0.538. The van der Waals surface area contributed by atoms with Crippen LogP contribution >= 0.6 is 0 Å². The molecule has 0 saturated carbocycles. The molecule has 2 rings (SSSR count). The van der Waals surface area contributed by atoms with Crippen molar-refractivity contribution in [3.05, 3.63) is 54.1 Å². The molecule has 0 unspecified atom stereocenters. The van der Waals surface area contributed by atoms with Gasteiger partial charge in [-0.15, -0.1) is 0 Å². The van der Waals surface area contributed by atoms with E-state index in [9.17, 15) is 9.59 Å². The Balaban J connectivity index is 1.83. The van der Waals surface area contributed by atoms with E-state index in [0.717, 1.165) is 11.3 Å². The van der Waals surface area contributed by atoms with Crippen molar-refractivity contribution in [2.24, 2.45) is 0 Å². The fraction of sp³-hybridized carbons (Fsp3) is 0.200. The first-order valence-electron chi connectivity index (χ1n) is 6.80. The van der Waals surface area contributed by atoms with E-state index in [0.29, 0.717) is 6.54 Å². The van der Waals surface area contributed by atoms with E-state index in [4.69, 9.17) is 4.74 Å². The summed E-state index contributed by atoms with van der Waals surface area (Å²) in [5.74, 6) is 0.210. The number of hydrogen-bond donors (Lipinski definition) is 2. The van der Waals surface area contributed by atoms with Gasteiger partial charge in [-0.25, -0.2) is 15.2 Å². The number of hydrazine groups is 1. The van der Waals surface area contributed by atoms with Crippen LogP contribution in [0.1, 0.15) is 16.1 Å². The third kappa shape index (κ3) is 4.67. The zero-order valence-corrected chi connectivity index (χ0v) is 12.8. The van der Waals surface area contributed by atoms with Crippen molar-refractivity contribution in [2.75, 3.05) is 14.2 Å². The van der Waals surface area contributed by atoms with E-state index in [2.05, 4.69) is 20.8 Å². The van der Waals surface area contributed by atoms with E-state index in [-0.39, 0.29) is 5.69 Å². The number of amides is 3. The molecule has 3 amide bonds. The number of nitrogens with zero attached hydrogens (tertiary/aromatic N) is 3. The monoisotopic (exact) mass is 315 g/mol. The van der Waals surface area contributed by atoms with Gasteiger partial charge in [0.05, 0.1) is 13.3 Å². The van der Waals surface area contributed by atoms with Gasteiger partial charge in [-0.1, -0.05) is 12.1 Å². The highest BCUT2D eigenvalue weighted by atomic mass is 16.5. The van der Waals surface area contributed by atoms with Gasteiger partial charge in [0.2, 0.25) is 0 Å². The maximum Gasteiger partial charge on any atom is 0.336 e. The zero-order valence-electron chi connectivity index (χ0n) is 12.8. The number of carbonyl (C=O) groups excluding carboxylic acids is 2. The van der Waals surface area contributed by atoms with E-state index in [1.165, 1.54) is 23.5 Å². The molecule has 8 heteroatoms. The van der Waals surface area contributed by atoms with Crippen LogP contribution in [-0.4, -0.2) is 41.0 Å². The molecule has 1 aromatic carbocycles. The summed E-state index contributed by atoms with van der Waals surface area (Å²) in [5.41, 5.74) is 5.65. The SMILES string of the molecule is COc1ccc(CN(C)C(=O)NNC(=O)c2cnccn2)cc1. The van der Waals surface area contributed by atoms with Crippen LogP contribution in [0.3, 0.4) is 0 Å². The fourth-order valence-electron chi connectivity index (χ4n) is 1.76. The average molecular weight is 315 g/mol. The first-order chi connectivity index (χ1) is 11.1. The van der Waals surface area contributed by atoms with Crippen molar-refractivity contribution < 1.29 is 14.3 Å². The van der Waals surface area contributed by atoms with Crippen LogP contribution in [0.4, 0.5) is 4.79 Å². The van der Waals surface area contributed by atoms with Crippen molar-refractivity contribution in [1.82, 2.24) is 25.7 Å². The summed E-state index contributed by atoms with van der Waals surface area (Å²) < 4.78 is 5.08. The van der Waals surface area contributed by atoms with Crippen LogP contribution in [0.2, 0.25) is 0 Å². The van der Waals surface area contributed by atoms with Gasteiger partial charge in [0.25, 0.3) is 5.91 Å². The number of carbonyl (C=O) groups is 2. The Bertz CT molecular complexity index is 661. The highest BCUT2D eigenvalue weighted by Crippen LogP contribution is 2.12. The molecule has 120 valence electrons. The number of ether oxygens (including phenoxy) is 1. The number of nitrogens with one attached hydrogen (secondary N) is 2. The van der Waals surface area contributed by atoms with Crippen molar-refractivity contribution in [3.8, 4) is 5.75 Å². The van der Waals surface area contributed by atoms with Crippen LogP contribution in [-0.2, 0) is 6.54 Å². The number of urea groups is 1. The molecular weight excluding hydrogens is 298 g/mol. The Morgan fingerprint density at radius 2 is 1.91 bits per heavy atom. The maximum atomic E-state index is 11.9. The lowest BCUT2D eigenvalue weighted by Crippen LogP contribution is -2.47. The Kier molecular flexibility index (Phi) is 5.45. The quantitative estimate of drug-likeness (QED) is 0.820. The molecule has 0 spiro atoms. The number of rotatable bonds is 4. The van der Waals surface area contributed by atoms with E-state index in [1.54, 1.807) is 14.2 Å². The molecular formula is C15H17N5O3. The number of benzene rings is 1. The predicted octanol–water partition coefficient (Wildman–Crippen LogP) is 0.972. The van der Waals surface area contributed by atoms with Gasteiger partial charge < -0.3 is 9.64 Å². The summed E-state index contributed by atoms with van der Waals surface area (Å²) in [5, 5.41) is 0. The number of hydrogen-bond acceptors (Lipinski definition) is 5. The second-order valence-corrected chi connectivity index (χ2v) is 4.68. The van der Waals surface area contributed by atoms with Gasteiger partial charge in [0.15, 0.2) is 0 Å². The molecule has 23 heavy (non-hydrogen) atoms. The van der Waals surface area contributed by atoms with Crippen molar-refractivity contribution in [3.63, 3.8) is 0 Å². The highest BCUT2D eigenvalue weighted by molar-refractivity contribution is 5.93. The van der Waals surface area contributed by atoms with Crippen LogP contribution in [0.15, 0.2) is 42.9 Å². The lowest BCUT2D eigenvalue weighted by atomic mass is 10.2. The molecule has 1 aromatic heterocycles. The molecule has 0 aliphatic heterocycles. The lowest BCUT2D eigenvalue weighted by Gasteiger charge is -2.18. The average Bonchev–Trinajstić information content (AvgIpc) is 2.60. The normalized spacial score (nSPS) is 9.83. The Morgan fingerprint density at radius 1 is 1.17 bits per heavy atom. The molecule has 0 bridgehead atoms. The topological polar surface area (TPSA) is 96.5 Å². The second-order valence-electron chi connectivity index (χ2n) is 4.68. The molecule has 1 heterocycles. The summed E-state index contributed by atoms with van der Waals surface area (Å²) >= 11 is 0. The van der Waals surface area contributed by atoms with Gasteiger partial charge in [-0.3, -0.25) is 15.2 Å². The minimum Gasteiger partial charge on any atom is -0.497 e. The molecule has 0 atom stereocenters. The van der Waals surface area contributed by atoms with Gasteiger partial charge in [-0.2, -0.15) is 0 Å². The summed E-state index contributed by atoms with van der Waals surface area (Å²) in [7, 11) is 3.21. The molecule has 0 aliphatic carbocycles. The predicted molar refractivity (Wildman–Crippen MR) is 82.5 cm³/mol. The van der Waals surface area contributed by atoms with Crippen LogP contribution < -0.4 is 15.6 Å². The lowest BCUT2D eigenvalue weighted by molar-refractivity contribution is 0.0925. The summed E-state index contributed by atoms with van der Waals surface area (Å²) in [6, 6.07) is 6.91. The van der Waals surface area contributed by atoms with Gasteiger partial charge >= 0.3 is 6.03 Å². The Hall–Kier alpha value is -3.16. The first-order valence-corrected chi connectivity index (χ1v) is 6.80. The van der Waals surface area contributed by atoms with Gasteiger partial charge in [0, 0.05) is 26.0 Å². The van der Waals surface area contributed by atoms with E-state index in [1.807, 2.05) is 24.3 Å². The standard InChI is InChI=1S/C15H17N5O3/c1-20(10-11-3-5-12(23-2)6-4-11)15(22)19-18-14(21)13-9-16-7-8-17-13/h3-9H,10H2,1-2H3,(H,18,21)(H,19,22). The number of aromatic nitrogens is 2. The maximum absolute atomic E-state index is 11.9. The molecule has 2 N–H and O–H groups in total. The zero-order chi connectivity index (χ0) is 16.7. The fourth-order valence-corrected chi connectivity index (χ4v) is 1.76. The summed E-state index contributed by atoms with van der Waals surface area (Å²) in [4.78, 5) is 32.7. The van der Waals surface area contributed by atoms with Gasteiger partial charge in [-0.05, 0) is 17.7 Å². The molecule has 0 fully saturated rings. The summed E-state index contributed by atoms with van der Waals surface area (Å²) in [6.45, 7) is 0.386. The molecule has 2 aromatic rings. The molecule has 8 nitrogen and oxygen atoms in total. The number of methoxy groups -OCH3 is 1. The Labute approximate surface area is 133 Å². The molecule has 0 radical (unpaired) electrons. The van der Waals surface area contributed by atoms with Crippen LogP contribution in [0.5, 0.6) is 5.75 Å². The first kappa shape index (κ1) is 16.2. The van der Waals surface area contributed by atoms with Crippen molar-refractivity contribution in [1.29, 1.82) is 0 Å².